The van der Waals surface area contributed by atoms with Crippen LogP contribution in [0, 0.1) is 0 Å². The SMILES string of the molecule is CCCCCOCC=C(C)CCC=C(C)C=O. The molecule has 0 aromatic heterocycles. The predicted molar refractivity (Wildman–Crippen MR) is 73.2 cm³/mol. The molecule has 0 saturated heterocycles. The maximum absolute atomic E-state index is 10.4. The molecule has 0 atom stereocenters. The molecule has 0 aromatic rings. The molecule has 0 rings (SSSR count). The summed E-state index contributed by atoms with van der Waals surface area (Å²) in [5.41, 5.74) is 2.14. The van der Waals surface area contributed by atoms with Crippen LogP contribution in [-0.2, 0) is 9.53 Å². The highest BCUT2D eigenvalue weighted by atomic mass is 16.5. The van der Waals surface area contributed by atoms with Gasteiger partial charge >= 0.3 is 0 Å². The molecule has 0 heterocycles. The first-order valence-electron chi connectivity index (χ1n) is 6.56. The molecule has 0 aliphatic rings. The minimum absolute atomic E-state index is 0.714. The molecule has 0 N–H and O–H groups in total. The van der Waals surface area contributed by atoms with E-state index in [-0.39, 0.29) is 0 Å². The van der Waals surface area contributed by atoms with Crippen LogP contribution in [0.15, 0.2) is 23.3 Å². The quantitative estimate of drug-likeness (QED) is 0.248. The van der Waals surface area contributed by atoms with E-state index < -0.39 is 0 Å². The van der Waals surface area contributed by atoms with Crippen molar-refractivity contribution < 1.29 is 9.53 Å². The van der Waals surface area contributed by atoms with E-state index in [0.29, 0.717) is 6.61 Å². The van der Waals surface area contributed by atoms with Crippen LogP contribution in [0.25, 0.3) is 0 Å². The fourth-order valence-electron chi connectivity index (χ4n) is 1.42. The zero-order chi connectivity index (χ0) is 12.9. The Hall–Kier alpha value is -0.890. The zero-order valence-electron chi connectivity index (χ0n) is 11.5. The van der Waals surface area contributed by atoms with Crippen molar-refractivity contribution in [2.24, 2.45) is 0 Å². The molecule has 2 nitrogen and oxygen atoms in total. The van der Waals surface area contributed by atoms with E-state index in [1.165, 1.54) is 18.4 Å². The second-order valence-electron chi connectivity index (χ2n) is 4.44. The van der Waals surface area contributed by atoms with Gasteiger partial charge in [-0.3, -0.25) is 4.79 Å². The highest BCUT2D eigenvalue weighted by Crippen LogP contribution is 2.06. The maximum Gasteiger partial charge on any atom is 0.145 e. The average Bonchev–Trinajstić information content (AvgIpc) is 2.33. The summed E-state index contributed by atoms with van der Waals surface area (Å²) in [5, 5.41) is 0. The Morgan fingerprint density at radius 3 is 2.59 bits per heavy atom. The second-order valence-corrected chi connectivity index (χ2v) is 4.44. The zero-order valence-corrected chi connectivity index (χ0v) is 11.5. The lowest BCUT2D eigenvalue weighted by Crippen LogP contribution is -1.95. The van der Waals surface area contributed by atoms with Gasteiger partial charge in [-0.15, -0.1) is 0 Å². The van der Waals surface area contributed by atoms with Gasteiger partial charge in [0.25, 0.3) is 0 Å². The molecule has 0 aliphatic carbocycles. The minimum Gasteiger partial charge on any atom is -0.377 e. The molecule has 0 bridgehead atoms. The molecule has 0 spiro atoms. The summed E-state index contributed by atoms with van der Waals surface area (Å²) in [5.74, 6) is 0. The highest BCUT2D eigenvalue weighted by Gasteiger charge is 1.91. The molecule has 0 saturated carbocycles. The molecular formula is C15H26O2. The highest BCUT2D eigenvalue weighted by molar-refractivity contribution is 5.71. The summed E-state index contributed by atoms with van der Waals surface area (Å²) < 4.78 is 5.51. The summed E-state index contributed by atoms with van der Waals surface area (Å²) in [6.45, 7) is 7.72. The minimum atomic E-state index is 0.714. The summed E-state index contributed by atoms with van der Waals surface area (Å²) in [6, 6.07) is 0. The first-order valence-corrected chi connectivity index (χ1v) is 6.56. The maximum atomic E-state index is 10.4. The van der Waals surface area contributed by atoms with Gasteiger partial charge in [-0.1, -0.05) is 37.5 Å². The average molecular weight is 238 g/mol. The van der Waals surface area contributed by atoms with Crippen LogP contribution in [0.4, 0.5) is 0 Å². The Morgan fingerprint density at radius 1 is 1.18 bits per heavy atom. The van der Waals surface area contributed by atoms with Crippen LogP contribution in [0.1, 0.15) is 52.9 Å². The van der Waals surface area contributed by atoms with E-state index in [4.69, 9.17) is 4.74 Å². The summed E-state index contributed by atoms with van der Waals surface area (Å²) in [4.78, 5) is 10.4. The van der Waals surface area contributed by atoms with Crippen LogP contribution in [0.2, 0.25) is 0 Å². The number of ether oxygens (including phenoxy) is 1. The van der Waals surface area contributed by atoms with E-state index in [2.05, 4.69) is 19.9 Å². The normalized spacial score (nSPS) is 12.9. The molecule has 2 heteroatoms. The second kappa shape index (κ2) is 11.6. The lowest BCUT2D eigenvalue weighted by molar-refractivity contribution is -0.104. The molecular weight excluding hydrogens is 212 g/mol. The van der Waals surface area contributed by atoms with E-state index in [0.717, 1.165) is 37.7 Å². The van der Waals surface area contributed by atoms with E-state index >= 15 is 0 Å². The molecule has 0 fully saturated rings. The van der Waals surface area contributed by atoms with Crippen molar-refractivity contribution in [3.8, 4) is 0 Å². The fourth-order valence-corrected chi connectivity index (χ4v) is 1.42. The molecule has 17 heavy (non-hydrogen) atoms. The van der Waals surface area contributed by atoms with Crippen molar-refractivity contribution in [1.29, 1.82) is 0 Å². The third-order valence-electron chi connectivity index (χ3n) is 2.63. The predicted octanol–water partition coefficient (Wildman–Crippen LogP) is 4.06. The number of aldehydes is 1. The van der Waals surface area contributed by atoms with Gasteiger partial charge in [-0.2, -0.15) is 0 Å². The Labute approximate surface area is 106 Å². The first kappa shape index (κ1) is 16.1. The first-order chi connectivity index (χ1) is 8.20. The standard InChI is InChI=1S/C15H26O2/c1-4-5-6-11-17-12-10-14(2)8-7-9-15(3)13-16/h9-10,13H,4-8,11-12H2,1-3H3. The van der Waals surface area contributed by atoms with E-state index in [9.17, 15) is 4.79 Å². The molecule has 0 unspecified atom stereocenters. The molecule has 98 valence electrons. The van der Waals surface area contributed by atoms with Crippen LogP contribution in [-0.4, -0.2) is 19.5 Å². The van der Waals surface area contributed by atoms with Gasteiger partial charge in [0.15, 0.2) is 0 Å². The van der Waals surface area contributed by atoms with Crippen LogP contribution >= 0.6 is 0 Å². The molecule has 0 aliphatic heterocycles. The van der Waals surface area contributed by atoms with E-state index in [1.807, 2.05) is 13.0 Å². The molecule has 0 aromatic carbocycles. The van der Waals surface area contributed by atoms with Crippen molar-refractivity contribution >= 4 is 6.29 Å². The summed E-state index contributed by atoms with van der Waals surface area (Å²) >= 11 is 0. The van der Waals surface area contributed by atoms with Crippen molar-refractivity contribution in [2.45, 2.75) is 52.9 Å². The summed E-state index contributed by atoms with van der Waals surface area (Å²) in [6.07, 6.45) is 10.6. The van der Waals surface area contributed by atoms with Gasteiger partial charge < -0.3 is 4.74 Å². The lowest BCUT2D eigenvalue weighted by Gasteiger charge is -2.02. The number of rotatable bonds is 10. The smallest absolute Gasteiger partial charge is 0.145 e. The topological polar surface area (TPSA) is 26.3 Å². The van der Waals surface area contributed by atoms with Gasteiger partial charge in [0.2, 0.25) is 0 Å². The van der Waals surface area contributed by atoms with Crippen LogP contribution in [0.5, 0.6) is 0 Å². The van der Waals surface area contributed by atoms with Gasteiger partial charge in [-0.25, -0.2) is 0 Å². The van der Waals surface area contributed by atoms with Crippen LogP contribution in [0.3, 0.4) is 0 Å². The van der Waals surface area contributed by atoms with Gasteiger partial charge in [0, 0.05) is 6.61 Å². The van der Waals surface area contributed by atoms with Crippen LogP contribution < -0.4 is 0 Å². The molecule has 0 amide bonds. The van der Waals surface area contributed by atoms with Crippen molar-refractivity contribution in [1.82, 2.24) is 0 Å². The Balaban J connectivity index is 3.54. The molecule has 0 radical (unpaired) electrons. The third-order valence-corrected chi connectivity index (χ3v) is 2.63. The largest absolute Gasteiger partial charge is 0.377 e. The van der Waals surface area contributed by atoms with Gasteiger partial charge in [0.05, 0.1) is 6.61 Å². The van der Waals surface area contributed by atoms with E-state index in [1.54, 1.807) is 0 Å². The Morgan fingerprint density at radius 2 is 1.94 bits per heavy atom. The Kier molecular flexibility index (Phi) is 11.0. The van der Waals surface area contributed by atoms with Crippen molar-refractivity contribution in [2.75, 3.05) is 13.2 Å². The van der Waals surface area contributed by atoms with Crippen molar-refractivity contribution in [3.05, 3.63) is 23.3 Å². The lowest BCUT2D eigenvalue weighted by atomic mass is 10.1. The van der Waals surface area contributed by atoms with Crippen molar-refractivity contribution in [3.63, 3.8) is 0 Å². The summed E-state index contributed by atoms with van der Waals surface area (Å²) in [7, 11) is 0. The number of hydrogen-bond acceptors (Lipinski definition) is 2. The number of carbonyl (C=O) groups excluding carboxylic acids is 1. The van der Waals surface area contributed by atoms with Gasteiger partial charge in [0.1, 0.15) is 6.29 Å². The number of carbonyl (C=O) groups is 1. The van der Waals surface area contributed by atoms with Gasteiger partial charge in [-0.05, 0) is 38.7 Å². The number of allylic oxidation sites excluding steroid dienone is 3. The monoisotopic (exact) mass is 238 g/mol. The number of hydrogen-bond donors (Lipinski definition) is 0. The Bertz CT molecular complexity index is 252. The third kappa shape index (κ3) is 11.4. The fraction of sp³-hybridized carbons (Fsp3) is 0.667. The number of unbranched alkanes of at least 4 members (excludes halogenated alkanes) is 2.